The third kappa shape index (κ3) is 2.08. The molecule has 4 rings (SSSR count). The molecule has 4 saturated heterocycles. The van der Waals surface area contributed by atoms with Gasteiger partial charge in [0.05, 0.1) is 18.2 Å². The van der Waals surface area contributed by atoms with E-state index in [0.717, 1.165) is 39.0 Å². The molecule has 3 atom stereocenters. The van der Waals surface area contributed by atoms with E-state index in [1.54, 1.807) is 0 Å². The molecule has 4 aliphatic rings. The molecule has 0 radical (unpaired) electrons. The van der Waals surface area contributed by atoms with Crippen LogP contribution >= 0.6 is 0 Å². The number of amides is 2. The highest BCUT2D eigenvalue weighted by Gasteiger charge is 2.56. The van der Waals surface area contributed by atoms with Gasteiger partial charge in [0.2, 0.25) is 0 Å². The van der Waals surface area contributed by atoms with Crippen LogP contribution in [-0.4, -0.2) is 65.3 Å². The van der Waals surface area contributed by atoms with Crippen molar-refractivity contribution >= 4 is 6.03 Å². The highest BCUT2D eigenvalue weighted by Crippen LogP contribution is 2.44. The average molecular weight is 293 g/mol. The first-order valence-electron chi connectivity index (χ1n) is 8.53. The van der Waals surface area contributed by atoms with Crippen LogP contribution in [-0.2, 0) is 4.74 Å². The van der Waals surface area contributed by atoms with Crippen molar-refractivity contribution in [2.24, 2.45) is 0 Å². The Kier molecular flexibility index (Phi) is 3.19. The minimum atomic E-state index is 0.0604. The summed E-state index contributed by atoms with van der Waals surface area (Å²) in [6, 6.07) is 2.05. The summed E-state index contributed by atoms with van der Waals surface area (Å²) >= 11 is 0. The standard InChI is InChI=1S/C16H27N3O2/c1-11(2)19-15(20)18(14-5-6-21-9-14)10-16(19)7-12-3-4-13(8-16)17-12/h11-14,17H,3-10H2,1-2H3/t12?,13?,14-,16?/m0/s1. The first-order valence-corrected chi connectivity index (χ1v) is 8.53. The summed E-state index contributed by atoms with van der Waals surface area (Å²) in [6.07, 6.45) is 5.80. The van der Waals surface area contributed by atoms with E-state index in [2.05, 4.69) is 29.0 Å². The Morgan fingerprint density at radius 1 is 1.24 bits per heavy atom. The molecule has 21 heavy (non-hydrogen) atoms. The van der Waals surface area contributed by atoms with E-state index in [4.69, 9.17) is 4.74 Å². The van der Waals surface area contributed by atoms with Crippen LogP contribution in [0.25, 0.3) is 0 Å². The number of hydrogen-bond acceptors (Lipinski definition) is 3. The van der Waals surface area contributed by atoms with Crippen LogP contribution in [0.4, 0.5) is 4.79 Å². The number of fused-ring (bicyclic) bond motifs is 2. The lowest BCUT2D eigenvalue weighted by atomic mass is 9.82. The minimum absolute atomic E-state index is 0.0604. The minimum Gasteiger partial charge on any atom is -0.379 e. The highest BCUT2D eigenvalue weighted by molar-refractivity contribution is 5.79. The molecule has 1 N–H and O–H groups in total. The van der Waals surface area contributed by atoms with Crippen LogP contribution < -0.4 is 5.32 Å². The topological polar surface area (TPSA) is 44.8 Å². The summed E-state index contributed by atoms with van der Waals surface area (Å²) < 4.78 is 5.52. The van der Waals surface area contributed by atoms with Gasteiger partial charge in [-0.3, -0.25) is 0 Å². The maximum atomic E-state index is 13.0. The first kappa shape index (κ1) is 13.8. The number of urea groups is 1. The molecular weight excluding hydrogens is 266 g/mol. The summed E-state index contributed by atoms with van der Waals surface area (Å²) in [5, 5.41) is 3.72. The monoisotopic (exact) mass is 293 g/mol. The smallest absolute Gasteiger partial charge is 0.321 e. The van der Waals surface area contributed by atoms with Gasteiger partial charge in [0.15, 0.2) is 0 Å². The second kappa shape index (κ2) is 4.85. The zero-order valence-corrected chi connectivity index (χ0v) is 13.2. The Morgan fingerprint density at radius 2 is 1.95 bits per heavy atom. The normalized spacial score (nSPS) is 42.8. The Hall–Kier alpha value is -0.810. The number of piperidine rings is 1. The molecule has 0 aromatic heterocycles. The molecule has 1 spiro atoms. The van der Waals surface area contributed by atoms with Gasteiger partial charge in [-0.2, -0.15) is 0 Å². The van der Waals surface area contributed by atoms with E-state index in [-0.39, 0.29) is 17.6 Å². The van der Waals surface area contributed by atoms with Crippen molar-refractivity contribution in [3.8, 4) is 0 Å². The van der Waals surface area contributed by atoms with Crippen LogP contribution in [0.3, 0.4) is 0 Å². The number of hydrogen-bond donors (Lipinski definition) is 1. The third-order valence-corrected chi connectivity index (χ3v) is 5.88. The molecule has 118 valence electrons. The fourth-order valence-electron chi connectivity index (χ4n) is 5.17. The Morgan fingerprint density at radius 3 is 2.52 bits per heavy atom. The lowest BCUT2D eigenvalue weighted by Crippen LogP contribution is -2.59. The van der Waals surface area contributed by atoms with Gasteiger partial charge in [0, 0.05) is 31.3 Å². The van der Waals surface area contributed by atoms with Crippen LogP contribution in [0.15, 0.2) is 0 Å². The predicted molar refractivity (Wildman–Crippen MR) is 80.2 cm³/mol. The number of carbonyl (C=O) groups is 1. The van der Waals surface area contributed by atoms with Crippen LogP contribution in [0.1, 0.15) is 46.0 Å². The first-order chi connectivity index (χ1) is 10.1. The van der Waals surface area contributed by atoms with Crippen molar-refractivity contribution in [1.82, 2.24) is 15.1 Å². The summed E-state index contributed by atoms with van der Waals surface area (Å²) in [7, 11) is 0. The summed E-state index contributed by atoms with van der Waals surface area (Å²) in [5.41, 5.74) is 0.0604. The van der Waals surface area contributed by atoms with Crippen molar-refractivity contribution in [1.29, 1.82) is 0 Å². The van der Waals surface area contributed by atoms with Gasteiger partial charge in [-0.05, 0) is 46.0 Å². The Balaban J connectivity index is 1.64. The van der Waals surface area contributed by atoms with Gasteiger partial charge in [0.1, 0.15) is 0 Å². The number of nitrogens with zero attached hydrogens (tertiary/aromatic N) is 2. The van der Waals surface area contributed by atoms with Gasteiger partial charge in [-0.25, -0.2) is 4.79 Å². The highest BCUT2D eigenvalue weighted by atomic mass is 16.5. The molecule has 0 aromatic rings. The van der Waals surface area contributed by atoms with Crippen LogP contribution in [0.5, 0.6) is 0 Å². The molecule has 0 aromatic carbocycles. The van der Waals surface area contributed by atoms with Crippen molar-refractivity contribution in [2.45, 2.75) is 75.7 Å². The quantitative estimate of drug-likeness (QED) is 0.840. The zero-order valence-electron chi connectivity index (χ0n) is 13.2. The van der Waals surface area contributed by atoms with Crippen molar-refractivity contribution in [3.63, 3.8) is 0 Å². The molecule has 4 heterocycles. The molecular formula is C16H27N3O2. The van der Waals surface area contributed by atoms with E-state index >= 15 is 0 Å². The molecule has 2 unspecified atom stereocenters. The van der Waals surface area contributed by atoms with E-state index < -0.39 is 0 Å². The maximum Gasteiger partial charge on any atom is 0.321 e. The summed E-state index contributed by atoms with van der Waals surface area (Å²) in [5.74, 6) is 0. The largest absolute Gasteiger partial charge is 0.379 e. The Bertz CT molecular complexity index is 421. The van der Waals surface area contributed by atoms with Crippen molar-refractivity contribution in [3.05, 3.63) is 0 Å². The second-order valence-corrected chi connectivity index (χ2v) is 7.66. The lowest BCUT2D eigenvalue weighted by Gasteiger charge is -2.45. The van der Waals surface area contributed by atoms with Crippen LogP contribution in [0.2, 0.25) is 0 Å². The zero-order chi connectivity index (χ0) is 14.6. The SMILES string of the molecule is CC(C)N1C(=O)N([C@H]2CCOC2)CC12CC1CCC(C2)N1. The number of ether oxygens (including phenoxy) is 1. The maximum absolute atomic E-state index is 13.0. The average Bonchev–Trinajstić information content (AvgIpc) is 3.10. The van der Waals surface area contributed by atoms with Crippen molar-refractivity contribution < 1.29 is 9.53 Å². The summed E-state index contributed by atoms with van der Waals surface area (Å²) in [6.45, 7) is 6.76. The van der Waals surface area contributed by atoms with E-state index in [0.29, 0.717) is 18.1 Å². The van der Waals surface area contributed by atoms with Gasteiger partial charge < -0.3 is 19.9 Å². The molecule has 5 nitrogen and oxygen atoms in total. The number of rotatable bonds is 2. The van der Waals surface area contributed by atoms with E-state index in [9.17, 15) is 4.79 Å². The molecule has 4 fully saturated rings. The second-order valence-electron chi connectivity index (χ2n) is 7.66. The van der Waals surface area contributed by atoms with E-state index in [1.165, 1.54) is 12.8 Å². The predicted octanol–water partition coefficient (Wildman–Crippen LogP) is 1.57. The molecule has 2 amide bonds. The number of carbonyl (C=O) groups excluding carboxylic acids is 1. The molecule has 0 aliphatic carbocycles. The fraction of sp³-hybridized carbons (Fsp3) is 0.938. The van der Waals surface area contributed by atoms with Crippen LogP contribution in [0, 0.1) is 0 Å². The van der Waals surface area contributed by atoms with Gasteiger partial charge in [-0.1, -0.05) is 0 Å². The Labute approximate surface area is 127 Å². The number of nitrogens with one attached hydrogen (secondary N) is 1. The molecule has 5 heteroatoms. The molecule has 2 bridgehead atoms. The molecule has 0 saturated carbocycles. The lowest BCUT2D eigenvalue weighted by molar-refractivity contribution is 0.0824. The van der Waals surface area contributed by atoms with Crippen molar-refractivity contribution in [2.75, 3.05) is 19.8 Å². The third-order valence-electron chi connectivity index (χ3n) is 5.88. The molecule has 4 aliphatic heterocycles. The summed E-state index contributed by atoms with van der Waals surface area (Å²) in [4.78, 5) is 17.3. The van der Waals surface area contributed by atoms with Gasteiger partial charge in [-0.15, -0.1) is 0 Å². The van der Waals surface area contributed by atoms with Gasteiger partial charge >= 0.3 is 6.03 Å². The van der Waals surface area contributed by atoms with Gasteiger partial charge in [0.25, 0.3) is 0 Å². The fourth-order valence-corrected chi connectivity index (χ4v) is 5.17. The van der Waals surface area contributed by atoms with E-state index in [1.807, 2.05) is 0 Å².